The van der Waals surface area contributed by atoms with E-state index in [0.717, 1.165) is 28.6 Å². The second-order valence-electron chi connectivity index (χ2n) is 5.19. The first-order valence-electron chi connectivity index (χ1n) is 6.55. The van der Waals surface area contributed by atoms with Crippen LogP contribution in [-0.2, 0) is 4.79 Å². The van der Waals surface area contributed by atoms with Crippen LogP contribution in [0.1, 0.15) is 31.2 Å². The van der Waals surface area contributed by atoms with E-state index in [1.54, 1.807) is 0 Å². The summed E-state index contributed by atoms with van der Waals surface area (Å²) in [7, 11) is 0. The number of nitrogens with two attached hydrogens (primary N) is 1. The number of benzene rings is 1. The van der Waals surface area contributed by atoms with Gasteiger partial charge >= 0.3 is 0 Å². The highest BCUT2D eigenvalue weighted by atomic mass is 79.9. The Morgan fingerprint density at radius 2 is 2.10 bits per heavy atom. The van der Waals surface area contributed by atoms with Crippen molar-refractivity contribution in [2.45, 2.75) is 32.6 Å². The SMILES string of the molecule is Cc1ccc(Br)cc1NC(=O)C1(C(N)=NO)CCCC1. The molecule has 1 aromatic carbocycles. The van der Waals surface area contributed by atoms with Crippen LogP contribution in [0.15, 0.2) is 27.8 Å². The summed E-state index contributed by atoms with van der Waals surface area (Å²) in [5, 5.41) is 14.9. The van der Waals surface area contributed by atoms with Crippen molar-refractivity contribution in [1.29, 1.82) is 0 Å². The average molecular weight is 340 g/mol. The van der Waals surface area contributed by atoms with Crippen LogP contribution in [0.4, 0.5) is 5.69 Å². The first-order valence-corrected chi connectivity index (χ1v) is 7.34. The van der Waals surface area contributed by atoms with Crippen molar-refractivity contribution in [3.05, 3.63) is 28.2 Å². The van der Waals surface area contributed by atoms with Crippen molar-refractivity contribution in [2.24, 2.45) is 16.3 Å². The van der Waals surface area contributed by atoms with Crippen LogP contribution in [-0.4, -0.2) is 17.0 Å². The standard InChI is InChI=1S/C14H18BrN3O2/c1-9-4-5-10(15)8-11(9)17-13(19)14(12(16)18-20)6-2-3-7-14/h4-5,8,20H,2-3,6-7H2,1H3,(H2,16,18)(H,17,19). The molecule has 0 unspecified atom stereocenters. The predicted molar refractivity (Wildman–Crippen MR) is 81.8 cm³/mol. The lowest BCUT2D eigenvalue weighted by molar-refractivity contribution is -0.122. The number of carbonyl (C=O) groups is 1. The fourth-order valence-electron chi connectivity index (χ4n) is 2.64. The van der Waals surface area contributed by atoms with Gasteiger partial charge in [-0.2, -0.15) is 0 Å². The number of rotatable bonds is 3. The molecule has 108 valence electrons. The van der Waals surface area contributed by atoms with Gasteiger partial charge in [-0.1, -0.05) is 40.0 Å². The minimum atomic E-state index is -0.885. The number of carbonyl (C=O) groups excluding carboxylic acids is 1. The van der Waals surface area contributed by atoms with Gasteiger partial charge in [0.2, 0.25) is 5.91 Å². The summed E-state index contributed by atoms with van der Waals surface area (Å²) in [5.41, 5.74) is 6.58. The van der Waals surface area contributed by atoms with Gasteiger partial charge in [0, 0.05) is 10.2 Å². The molecule has 1 fully saturated rings. The lowest BCUT2D eigenvalue weighted by Gasteiger charge is -2.26. The summed E-state index contributed by atoms with van der Waals surface area (Å²) in [4.78, 5) is 12.6. The van der Waals surface area contributed by atoms with Crippen molar-refractivity contribution in [2.75, 3.05) is 5.32 Å². The maximum absolute atomic E-state index is 12.6. The summed E-state index contributed by atoms with van der Waals surface area (Å²) in [6, 6.07) is 5.69. The molecule has 1 aliphatic carbocycles. The van der Waals surface area contributed by atoms with Gasteiger partial charge in [0.05, 0.1) is 0 Å². The first kappa shape index (κ1) is 14.8. The average Bonchev–Trinajstić information content (AvgIpc) is 2.92. The van der Waals surface area contributed by atoms with Gasteiger partial charge < -0.3 is 16.3 Å². The molecule has 1 saturated carbocycles. The molecular weight excluding hydrogens is 322 g/mol. The van der Waals surface area contributed by atoms with Gasteiger partial charge in [0.1, 0.15) is 5.41 Å². The summed E-state index contributed by atoms with van der Waals surface area (Å²) < 4.78 is 0.891. The normalized spacial score (nSPS) is 18.0. The summed E-state index contributed by atoms with van der Waals surface area (Å²) in [6.45, 7) is 1.92. The lowest BCUT2D eigenvalue weighted by Crippen LogP contribution is -2.45. The molecule has 1 aromatic rings. The Labute approximate surface area is 126 Å². The molecule has 1 amide bonds. The van der Waals surface area contributed by atoms with E-state index in [9.17, 15) is 4.79 Å². The van der Waals surface area contributed by atoms with E-state index in [1.165, 1.54) is 0 Å². The molecule has 0 spiro atoms. The van der Waals surface area contributed by atoms with E-state index in [2.05, 4.69) is 26.4 Å². The van der Waals surface area contributed by atoms with Gasteiger partial charge in [0.15, 0.2) is 5.84 Å². The molecule has 0 saturated heterocycles. The maximum Gasteiger partial charge on any atom is 0.238 e. The van der Waals surface area contributed by atoms with E-state index in [0.29, 0.717) is 12.8 Å². The van der Waals surface area contributed by atoms with Crippen molar-refractivity contribution in [1.82, 2.24) is 0 Å². The van der Waals surface area contributed by atoms with Crippen molar-refractivity contribution in [3.63, 3.8) is 0 Å². The zero-order chi connectivity index (χ0) is 14.8. The molecule has 0 heterocycles. The topological polar surface area (TPSA) is 87.7 Å². The van der Waals surface area contributed by atoms with E-state index in [4.69, 9.17) is 10.9 Å². The Bertz CT molecular complexity index is 551. The molecule has 0 bridgehead atoms. The number of aryl methyl sites for hydroxylation is 1. The van der Waals surface area contributed by atoms with Crippen LogP contribution in [0, 0.1) is 12.3 Å². The predicted octanol–water partition coefficient (Wildman–Crippen LogP) is 3.00. The largest absolute Gasteiger partial charge is 0.409 e. The minimum Gasteiger partial charge on any atom is -0.409 e. The second kappa shape index (κ2) is 5.83. The molecule has 4 N–H and O–H groups in total. The van der Waals surface area contributed by atoms with Crippen molar-refractivity contribution >= 4 is 33.4 Å². The van der Waals surface area contributed by atoms with Gasteiger partial charge in [-0.3, -0.25) is 4.79 Å². The number of halogens is 1. The van der Waals surface area contributed by atoms with Crippen LogP contribution in [0.3, 0.4) is 0 Å². The molecule has 2 rings (SSSR count). The van der Waals surface area contributed by atoms with Gasteiger partial charge in [-0.15, -0.1) is 0 Å². The molecular formula is C14H18BrN3O2. The lowest BCUT2D eigenvalue weighted by atomic mass is 9.83. The summed E-state index contributed by atoms with van der Waals surface area (Å²) in [5.74, 6) is -0.202. The fraction of sp³-hybridized carbons (Fsp3) is 0.429. The van der Waals surface area contributed by atoms with Crippen molar-refractivity contribution in [3.8, 4) is 0 Å². The van der Waals surface area contributed by atoms with E-state index >= 15 is 0 Å². The van der Waals surface area contributed by atoms with E-state index < -0.39 is 5.41 Å². The summed E-state index contributed by atoms with van der Waals surface area (Å²) in [6.07, 6.45) is 3.03. The van der Waals surface area contributed by atoms with Crippen LogP contribution in [0.2, 0.25) is 0 Å². The molecule has 0 atom stereocenters. The monoisotopic (exact) mass is 339 g/mol. The van der Waals surface area contributed by atoms with Crippen LogP contribution < -0.4 is 11.1 Å². The number of amides is 1. The third-order valence-electron chi connectivity index (χ3n) is 3.94. The Balaban J connectivity index is 2.28. The molecule has 5 nitrogen and oxygen atoms in total. The molecule has 0 radical (unpaired) electrons. The summed E-state index contributed by atoms with van der Waals surface area (Å²) >= 11 is 3.39. The Kier molecular flexibility index (Phi) is 4.32. The quantitative estimate of drug-likeness (QED) is 0.342. The smallest absolute Gasteiger partial charge is 0.238 e. The third kappa shape index (κ3) is 2.65. The van der Waals surface area contributed by atoms with Crippen LogP contribution in [0.5, 0.6) is 0 Å². The third-order valence-corrected chi connectivity index (χ3v) is 4.43. The number of amidine groups is 1. The Morgan fingerprint density at radius 3 is 2.70 bits per heavy atom. The van der Waals surface area contributed by atoms with Gasteiger partial charge in [-0.25, -0.2) is 0 Å². The van der Waals surface area contributed by atoms with E-state index in [1.807, 2.05) is 25.1 Å². The molecule has 20 heavy (non-hydrogen) atoms. The van der Waals surface area contributed by atoms with E-state index in [-0.39, 0.29) is 11.7 Å². The number of anilines is 1. The Morgan fingerprint density at radius 1 is 1.45 bits per heavy atom. The van der Waals surface area contributed by atoms with Crippen LogP contribution in [0.25, 0.3) is 0 Å². The van der Waals surface area contributed by atoms with Crippen molar-refractivity contribution < 1.29 is 10.0 Å². The molecule has 0 aliphatic heterocycles. The number of oxime groups is 1. The molecule has 6 heteroatoms. The fourth-order valence-corrected chi connectivity index (χ4v) is 3.01. The first-order chi connectivity index (χ1) is 9.49. The maximum atomic E-state index is 12.6. The minimum absolute atomic E-state index is 0.000139. The molecule has 1 aliphatic rings. The Hall–Kier alpha value is -1.56. The highest BCUT2D eigenvalue weighted by Crippen LogP contribution is 2.39. The molecule has 0 aromatic heterocycles. The number of nitrogens with one attached hydrogen (secondary N) is 1. The highest BCUT2D eigenvalue weighted by Gasteiger charge is 2.45. The van der Waals surface area contributed by atoms with Crippen LogP contribution >= 0.6 is 15.9 Å². The second-order valence-corrected chi connectivity index (χ2v) is 6.10. The highest BCUT2D eigenvalue weighted by molar-refractivity contribution is 9.10. The van der Waals surface area contributed by atoms with Gasteiger partial charge in [-0.05, 0) is 37.5 Å². The zero-order valence-corrected chi connectivity index (χ0v) is 12.9. The zero-order valence-electron chi connectivity index (χ0n) is 11.3. The number of hydrogen-bond acceptors (Lipinski definition) is 3. The number of hydrogen-bond donors (Lipinski definition) is 3. The number of nitrogens with zero attached hydrogens (tertiary/aromatic N) is 1. The van der Waals surface area contributed by atoms with Gasteiger partial charge in [0.25, 0.3) is 0 Å².